The zero-order valence-corrected chi connectivity index (χ0v) is 14.1. The number of benzene rings is 1. The molecule has 1 aliphatic carbocycles. The van der Waals surface area contributed by atoms with Crippen molar-refractivity contribution < 1.29 is 5.11 Å². The Bertz CT molecular complexity index is 679. The van der Waals surface area contributed by atoms with Gasteiger partial charge in [-0.25, -0.2) is 0 Å². The van der Waals surface area contributed by atoms with Crippen molar-refractivity contribution in [2.24, 2.45) is 0 Å². The molecule has 1 aromatic heterocycles. The van der Waals surface area contributed by atoms with Gasteiger partial charge in [-0.2, -0.15) is 0 Å². The number of hydrogen-bond donors (Lipinski definition) is 1. The first-order valence-corrected chi connectivity index (χ1v) is 8.21. The van der Waals surface area contributed by atoms with Crippen molar-refractivity contribution in [2.45, 2.75) is 25.1 Å². The molecule has 2 atom stereocenters. The standard InChI is InChI=1S/C13H12Cl3N3OS/c1-19(5-10-13(16)21-18-17-10)12-8-2-6(14)3-9(15)7(8)4-11(12)20/h2-3,11-12,20H,4-5H2,1H3/t11-,12-/m1/s1. The molecule has 3 rings (SSSR count). The van der Waals surface area contributed by atoms with Gasteiger partial charge in [0.15, 0.2) is 0 Å². The predicted molar refractivity (Wildman–Crippen MR) is 85.3 cm³/mol. The van der Waals surface area contributed by atoms with Gasteiger partial charge < -0.3 is 5.11 Å². The van der Waals surface area contributed by atoms with Gasteiger partial charge in [0, 0.05) is 34.5 Å². The minimum Gasteiger partial charge on any atom is -0.391 e. The Morgan fingerprint density at radius 1 is 1.38 bits per heavy atom. The highest BCUT2D eigenvalue weighted by molar-refractivity contribution is 7.10. The van der Waals surface area contributed by atoms with E-state index in [0.717, 1.165) is 22.7 Å². The molecule has 0 spiro atoms. The van der Waals surface area contributed by atoms with Gasteiger partial charge in [-0.1, -0.05) is 39.3 Å². The van der Waals surface area contributed by atoms with E-state index in [-0.39, 0.29) is 6.04 Å². The summed E-state index contributed by atoms with van der Waals surface area (Å²) in [7, 11) is 1.91. The third kappa shape index (κ3) is 2.91. The van der Waals surface area contributed by atoms with Crippen molar-refractivity contribution in [3.05, 3.63) is 43.3 Å². The third-order valence-corrected chi connectivity index (χ3v) is 5.21. The summed E-state index contributed by atoms with van der Waals surface area (Å²) in [4.78, 5) is 1.99. The van der Waals surface area contributed by atoms with Crippen molar-refractivity contribution in [1.29, 1.82) is 0 Å². The summed E-state index contributed by atoms with van der Waals surface area (Å²) < 4.78 is 4.39. The summed E-state index contributed by atoms with van der Waals surface area (Å²) in [6.07, 6.45) is -0.0185. The molecular weight excluding hydrogens is 353 g/mol. The third-order valence-electron chi connectivity index (χ3n) is 3.67. The fraction of sp³-hybridized carbons (Fsp3) is 0.385. The van der Waals surface area contributed by atoms with Crippen LogP contribution in [0.3, 0.4) is 0 Å². The van der Waals surface area contributed by atoms with Crippen LogP contribution >= 0.6 is 46.3 Å². The lowest BCUT2D eigenvalue weighted by Crippen LogP contribution is -2.30. The Hall–Kier alpha value is -0.430. The van der Waals surface area contributed by atoms with E-state index in [2.05, 4.69) is 9.59 Å². The fourth-order valence-corrected chi connectivity index (χ4v) is 3.99. The van der Waals surface area contributed by atoms with Crippen LogP contribution in [0.2, 0.25) is 14.4 Å². The first-order chi connectivity index (χ1) is 9.97. The molecule has 1 aromatic carbocycles. The second kappa shape index (κ2) is 5.99. The van der Waals surface area contributed by atoms with Crippen LogP contribution in [-0.4, -0.2) is 32.7 Å². The normalized spacial score (nSPS) is 21.0. The lowest BCUT2D eigenvalue weighted by atomic mass is 10.1. The quantitative estimate of drug-likeness (QED) is 0.904. The maximum absolute atomic E-state index is 10.4. The summed E-state index contributed by atoms with van der Waals surface area (Å²) in [6, 6.07) is 3.38. The highest BCUT2D eigenvalue weighted by Crippen LogP contribution is 2.41. The van der Waals surface area contributed by atoms with Crippen LogP contribution in [0.1, 0.15) is 22.9 Å². The lowest BCUT2D eigenvalue weighted by Gasteiger charge is -2.27. The van der Waals surface area contributed by atoms with E-state index in [4.69, 9.17) is 34.8 Å². The summed E-state index contributed by atoms with van der Waals surface area (Å²) in [6.45, 7) is 0.501. The van der Waals surface area contributed by atoms with Gasteiger partial charge in [0.05, 0.1) is 12.1 Å². The average molecular weight is 365 g/mol. The number of aliphatic hydroxyl groups is 1. The molecule has 2 aromatic rings. The van der Waals surface area contributed by atoms with Crippen LogP contribution < -0.4 is 0 Å². The van der Waals surface area contributed by atoms with Crippen molar-refractivity contribution in [3.8, 4) is 0 Å². The molecule has 21 heavy (non-hydrogen) atoms. The molecule has 1 N–H and O–H groups in total. The summed E-state index contributed by atoms with van der Waals surface area (Å²) in [5.41, 5.74) is 2.62. The van der Waals surface area contributed by atoms with Crippen LogP contribution in [0, 0.1) is 0 Å². The molecule has 0 fully saturated rings. The topological polar surface area (TPSA) is 49.2 Å². The van der Waals surface area contributed by atoms with Gasteiger partial charge in [0.1, 0.15) is 10.0 Å². The number of hydrogen-bond acceptors (Lipinski definition) is 5. The Balaban J connectivity index is 1.91. The highest BCUT2D eigenvalue weighted by atomic mass is 35.5. The highest BCUT2D eigenvalue weighted by Gasteiger charge is 2.36. The number of likely N-dealkylation sites (N-methyl/N-ethyl adjacent to an activating group) is 1. The predicted octanol–water partition coefficient (Wildman–Crippen LogP) is 3.59. The summed E-state index contributed by atoms with van der Waals surface area (Å²) >= 11 is 19.5. The summed E-state index contributed by atoms with van der Waals surface area (Å²) in [5.74, 6) is 0. The number of fused-ring (bicyclic) bond motifs is 1. The van der Waals surface area contributed by atoms with Crippen LogP contribution in [-0.2, 0) is 13.0 Å². The molecule has 0 saturated carbocycles. The maximum Gasteiger partial charge on any atom is 0.138 e. The number of halogens is 3. The van der Waals surface area contributed by atoms with Crippen LogP contribution in [0.5, 0.6) is 0 Å². The van der Waals surface area contributed by atoms with Crippen molar-refractivity contribution in [3.63, 3.8) is 0 Å². The Kier molecular flexibility index (Phi) is 4.41. The van der Waals surface area contributed by atoms with E-state index in [1.165, 1.54) is 0 Å². The molecule has 0 saturated heterocycles. The molecule has 0 aliphatic heterocycles. The molecule has 4 nitrogen and oxygen atoms in total. The first kappa shape index (κ1) is 15.5. The zero-order valence-electron chi connectivity index (χ0n) is 11.1. The average Bonchev–Trinajstić information content (AvgIpc) is 2.93. The van der Waals surface area contributed by atoms with Crippen LogP contribution in [0.15, 0.2) is 12.1 Å². The first-order valence-electron chi connectivity index (χ1n) is 6.30. The van der Waals surface area contributed by atoms with E-state index in [9.17, 15) is 5.11 Å². The smallest absolute Gasteiger partial charge is 0.138 e. The van der Waals surface area contributed by atoms with E-state index in [1.807, 2.05) is 18.0 Å². The van der Waals surface area contributed by atoms with Crippen LogP contribution in [0.25, 0.3) is 0 Å². The van der Waals surface area contributed by atoms with Gasteiger partial charge in [0.25, 0.3) is 0 Å². The van der Waals surface area contributed by atoms with Crippen molar-refractivity contribution in [2.75, 3.05) is 7.05 Å². The fourth-order valence-electron chi connectivity index (χ4n) is 2.79. The number of aliphatic hydroxyl groups excluding tert-OH is 1. The van der Waals surface area contributed by atoms with Crippen molar-refractivity contribution in [1.82, 2.24) is 14.5 Å². The van der Waals surface area contributed by atoms with E-state index in [0.29, 0.717) is 33.0 Å². The number of nitrogens with zero attached hydrogens (tertiary/aromatic N) is 3. The van der Waals surface area contributed by atoms with Crippen molar-refractivity contribution >= 4 is 46.3 Å². The second-order valence-corrected chi connectivity index (χ2v) is 7.28. The second-order valence-electron chi connectivity index (χ2n) is 5.08. The molecule has 1 aliphatic rings. The van der Waals surface area contributed by atoms with Gasteiger partial charge in [0.2, 0.25) is 0 Å². The van der Waals surface area contributed by atoms with E-state index < -0.39 is 6.10 Å². The lowest BCUT2D eigenvalue weighted by molar-refractivity contribution is 0.0718. The molecule has 0 bridgehead atoms. The largest absolute Gasteiger partial charge is 0.391 e. The molecule has 0 amide bonds. The van der Waals surface area contributed by atoms with Gasteiger partial charge >= 0.3 is 0 Å². The number of aromatic nitrogens is 2. The Morgan fingerprint density at radius 3 is 2.81 bits per heavy atom. The Labute approximate surface area is 141 Å². The molecule has 112 valence electrons. The summed E-state index contributed by atoms with van der Waals surface area (Å²) in [5, 5.41) is 15.6. The minimum atomic E-state index is -0.536. The maximum atomic E-state index is 10.4. The monoisotopic (exact) mass is 363 g/mol. The number of rotatable bonds is 3. The molecule has 8 heteroatoms. The van der Waals surface area contributed by atoms with Gasteiger partial charge in [-0.3, -0.25) is 4.90 Å². The SMILES string of the molecule is CN(Cc1nnsc1Cl)[C@@H]1c2cc(Cl)cc(Cl)c2C[C@H]1O. The molecule has 0 radical (unpaired) electrons. The molecule has 0 unspecified atom stereocenters. The minimum absolute atomic E-state index is 0.186. The Morgan fingerprint density at radius 2 is 2.14 bits per heavy atom. The van der Waals surface area contributed by atoms with E-state index >= 15 is 0 Å². The zero-order chi connectivity index (χ0) is 15.1. The van der Waals surface area contributed by atoms with E-state index in [1.54, 1.807) is 6.07 Å². The van der Waals surface area contributed by atoms with Gasteiger partial charge in [-0.15, -0.1) is 5.10 Å². The molecular formula is C13H12Cl3N3OS. The molecule has 1 heterocycles. The van der Waals surface area contributed by atoms with Crippen LogP contribution in [0.4, 0.5) is 0 Å². The van der Waals surface area contributed by atoms with Gasteiger partial charge in [-0.05, 0) is 30.3 Å².